The van der Waals surface area contributed by atoms with Crippen molar-refractivity contribution >= 4 is 6.29 Å². The van der Waals surface area contributed by atoms with Crippen LogP contribution in [-0.4, -0.2) is 19.5 Å². The van der Waals surface area contributed by atoms with Crippen molar-refractivity contribution in [3.63, 3.8) is 0 Å². The molecule has 4 atom stereocenters. The van der Waals surface area contributed by atoms with E-state index >= 15 is 0 Å². The van der Waals surface area contributed by atoms with Gasteiger partial charge in [0.05, 0.1) is 11.5 Å². The van der Waals surface area contributed by atoms with Crippen LogP contribution >= 0.6 is 0 Å². The molecule has 3 saturated carbocycles. The van der Waals surface area contributed by atoms with Crippen molar-refractivity contribution in [3.8, 4) is 0 Å². The Morgan fingerprint density at radius 2 is 2.00 bits per heavy atom. The lowest BCUT2D eigenvalue weighted by atomic mass is 9.56. The van der Waals surface area contributed by atoms with Gasteiger partial charge in [0.1, 0.15) is 6.29 Å². The average molecular weight is 248 g/mol. The molecule has 0 radical (unpaired) electrons. The van der Waals surface area contributed by atoms with Gasteiger partial charge in [0.15, 0.2) is 0 Å². The van der Waals surface area contributed by atoms with Gasteiger partial charge in [-0.1, -0.05) is 31.9 Å². The highest BCUT2D eigenvalue weighted by Gasteiger charge is 2.69. The molecule has 3 aliphatic rings. The largest absolute Gasteiger partial charge is 0.380 e. The Labute approximate surface area is 110 Å². The predicted molar refractivity (Wildman–Crippen MR) is 71.2 cm³/mol. The second-order valence-corrected chi connectivity index (χ2v) is 6.67. The Morgan fingerprint density at radius 1 is 1.33 bits per heavy atom. The first kappa shape index (κ1) is 12.4. The van der Waals surface area contributed by atoms with Gasteiger partial charge < -0.3 is 9.53 Å². The van der Waals surface area contributed by atoms with Crippen LogP contribution in [0.4, 0.5) is 0 Å². The minimum Gasteiger partial charge on any atom is -0.380 e. The van der Waals surface area contributed by atoms with E-state index < -0.39 is 0 Å². The fourth-order valence-electron chi connectivity index (χ4n) is 5.41. The summed E-state index contributed by atoms with van der Waals surface area (Å²) in [5.74, 6) is 1.05. The highest BCUT2D eigenvalue weighted by Crippen LogP contribution is 2.70. The van der Waals surface area contributed by atoms with E-state index in [1.54, 1.807) is 7.11 Å². The third-order valence-corrected chi connectivity index (χ3v) is 6.46. The molecule has 18 heavy (non-hydrogen) atoms. The molecule has 4 unspecified atom stereocenters. The summed E-state index contributed by atoms with van der Waals surface area (Å²) in [7, 11) is 1.76. The molecule has 0 saturated heterocycles. The van der Waals surface area contributed by atoms with Gasteiger partial charge in [-0.15, -0.1) is 0 Å². The van der Waals surface area contributed by atoms with Crippen LogP contribution in [0, 0.1) is 22.7 Å². The van der Waals surface area contributed by atoms with Gasteiger partial charge in [0.2, 0.25) is 0 Å². The summed E-state index contributed by atoms with van der Waals surface area (Å²) in [6.45, 7) is 6.68. The molecule has 3 aliphatic carbocycles. The monoisotopic (exact) mass is 248 g/mol. The second-order valence-electron chi connectivity index (χ2n) is 6.67. The van der Waals surface area contributed by atoms with E-state index in [2.05, 4.69) is 13.5 Å². The summed E-state index contributed by atoms with van der Waals surface area (Å²) in [5.41, 5.74) is 0.993. The predicted octanol–water partition coefficient (Wildman–Crippen LogP) is 3.36. The molecule has 2 heteroatoms. The third kappa shape index (κ3) is 1.16. The van der Waals surface area contributed by atoms with Crippen LogP contribution in [0.25, 0.3) is 0 Å². The van der Waals surface area contributed by atoms with E-state index in [4.69, 9.17) is 4.74 Å². The smallest absolute Gasteiger partial charge is 0.129 e. The van der Waals surface area contributed by atoms with Gasteiger partial charge >= 0.3 is 0 Å². The third-order valence-electron chi connectivity index (χ3n) is 6.46. The maximum Gasteiger partial charge on any atom is 0.129 e. The Balaban J connectivity index is 2.08. The van der Waals surface area contributed by atoms with E-state index in [1.807, 2.05) is 0 Å². The molecule has 3 rings (SSSR count). The Morgan fingerprint density at radius 3 is 2.56 bits per heavy atom. The first-order valence-corrected chi connectivity index (χ1v) is 7.30. The number of carbonyl (C=O) groups is 1. The molecule has 0 heterocycles. The van der Waals surface area contributed by atoms with E-state index in [0.717, 1.165) is 12.8 Å². The van der Waals surface area contributed by atoms with E-state index in [0.29, 0.717) is 11.8 Å². The molecule has 100 valence electrons. The molecule has 0 N–H and O–H groups in total. The van der Waals surface area contributed by atoms with Crippen LogP contribution in [0.5, 0.6) is 0 Å². The molecule has 3 fully saturated rings. The van der Waals surface area contributed by atoms with Gasteiger partial charge in [0, 0.05) is 18.4 Å². The van der Waals surface area contributed by atoms with Crippen molar-refractivity contribution in [2.45, 2.75) is 51.6 Å². The molecule has 0 amide bonds. The van der Waals surface area contributed by atoms with Gasteiger partial charge in [-0.05, 0) is 31.6 Å². The normalized spacial score (nSPS) is 48.0. The highest BCUT2D eigenvalue weighted by molar-refractivity contribution is 5.68. The molecule has 0 spiro atoms. The van der Waals surface area contributed by atoms with Gasteiger partial charge in [-0.2, -0.15) is 0 Å². The lowest BCUT2D eigenvalue weighted by Crippen LogP contribution is -2.47. The Bertz CT molecular complexity index is 383. The van der Waals surface area contributed by atoms with Crippen molar-refractivity contribution in [3.05, 3.63) is 12.2 Å². The fourth-order valence-corrected chi connectivity index (χ4v) is 5.41. The molecule has 0 aromatic rings. The van der Waals surface area contributed by atoms with Crippen molar-refractivity contribution < 1.29 is 9.53 Å². The van der Waals surface area contributed by atoms with E-state index in [-0.39, 0.29) is 16.9 Å². The first-order valence-electron chi connectivity index (χ1n) is 7.30. The van der Waals surface area contributed by atoms with E-state index in [9.17, 15) is 4.79 Å². The summed E-state index contributed by atoms with van der Waals surface area (Å²) in [6, 6.07) is 0. The molecule has 0 aromatic heterocycles. The second kappa shape index (κ2) is 3.93. The number of hydrogen-bond donors (Lipinski definition) is 0. The van der Waals surface area contributed by atoms with Crippen molar-refractivity contribution in [1.29, 1.82) is 0 Å². The van der Waals surface area contributed by atoms with Crippen molar-refractivity contribution in [2.24, 2.45) is 22.7 Å². The summed E-state index contributed by atoms with van der Waals surface area (Å²) < 4.78 is 5.73. The number of fused-ring (bicyclic) bond motifs is 2. The van der Waals surface area contributed by atoms with E-state index in [1.165, 1.54) is 37.5 Å². The van der Waals surface area contributed by atoms with Crippen LogP contribution < -0.4 is 0 Å². The summed E-state index contributed by atoms with van der Waals surface area (Å²) >= 11 is 0. The highest BCUT2D eigenvalue weighted by atomic mass is 16.5. The molecule has 0 aliphatic heterocycles. The minimum absolute atomic E-state index is 0.0190. The maximum absolute atomic E-state index is 12.0. The first-order chi connectivity index (χ1) is 8.61. The van der Waals surface area contributed by atoms with Gasteiger partial charge in [-0.3, -0.25) is 0 Å². The number of hydrogen-bond acceptors (Lipinski definition) is 2. The SMILES string of the molecule is C=C1C2CCC(C=O)(C2OC)C1(C)C1CCCC1. The summed E-state index contributed by atoms with van der Waals surface area (Å²) in [4.78, 5) is 12.0. The zero-order valence-electron chi connectivity index (χ0n) is 11.6. The summed E-state index contributed by atoms with van der Waals surface area (Å²) in [6.07, 6.45) is 8.51. The fraction of sp³-hybridized carbons (Fsp3) is 0.812. The minimum atomic E-state index is -0.293. The van der Waals surface area contributed by atoms with Crippen LogP contribution in [0.3, 0.4) is 0 Å². The molecule has 2 nitrogen and oxygen atoms in total. The topological polar surface area (TPSA) is 26.3 Å². The number of methoxy groups -OCH3 is 1. The Kier molecular flexibility index (Phi) is 2.71. The van der Waals surface area contributed by atoms with Crippen LogP contribution in [0.1, 0.15) is 45.4 Å². The number of ether oxygens (including phenoxy) is 1. The van der Waals surface area contributed by atoms with Crippen molar-refractivity contribution in [2.75, 3.05) is 7.11 Å². The van der Waals surface area contributed by atoms with Gasteiger partial charge in [-0.25, -0.2) is 0 Å². The van der Waals surface area contributed by atoms with Crippen LogP contribution in [0.15, 0.2) is 12.2 Å². The number of carbonyl (C=O) groups excluding carboxylic acids is 1. The van der Waals surface area contributed by atoms with Gasteiger partial charge in [0.25, 0.3) is 0 Å². The summed E-state index contributed by atoms with van der Waals surface area (Å²) in [5, 5.41) is 0. The zero-order chi connectivity index (χ0) is 13.0. The molecular weight excluding hydrogens is 224 g/mol. The lowest BCUT2D eigenvalue weighted by Gasteiger charge is -2.47. The lowest BCUT2D eigenvalue weighted by molar-refractivity contribution is -0.131. The Hall–Kier alpha value is -0.630. The molecule has 0 aromatic carbocycles. The van der Waals surface area contributed by atoms with Crippen LogP contribution in [0.2, 0.25) is 0 Å². The van der Waals surface area contributed by atoms with Crippen molar-refractivity contribution in [1.82, 2.24) is 0 Å². The average Bonchev–Trinajstić information content (AvgIpc) is 3.06. The number of rotatable bonds is 3. The standard InChI is InChI=1S/C16H24O2/c1-11-13-8-9-16(10-17,14(13)18-3)15(11,2)12-6-4-5-7-12/h10,12-14H,1,4-9H2,2-3H3. The number of aldehydes is 1. The molecular formula is C16H24O2. The van der Waals surface area contributed by atoms with Crippen LogP contribution in [-0.2, 0) is 9.53 Å². The quantitative estimate of drug-likeness (QED) is 0.565. The molecule has 2 bridgehead atoms. The maximum atomic E-state index is 12.0. The zero-order valence-corrected chi connectivity index (χ0v) is 11.6.